The van der Waals surface area contributed by atoms with E-state index in [0.29, 0.717) is 16.4 Å². The maximum atomic E-state index is 12.9. The number of nitrogens with one attached hydrogen (secondary N) is 1. The number of hydrogen-bond donors (Lipinski definition) is 2. The van der Waals surface area contributed by atoms with Gasteiger partial charge in [-0.3, -0.25) is 14.5 Å². The molecule has 2 aromatic carbocycles. The molecule has 0 spiro atoms. The van der Waals surface area contributed by atoms with E-state index in [0.717, 1.165) is 10.7 Å². The van der Waals surface area contributed by atoms with Gasteiger partial charge in [-0.25, -0.2) is 9.48 Å². The van der Waals surface area contributed by atoms with Gasteiger partial charge in [0.25, 0.3) is 11.8 Å². The molecule has 0 saturated carbocycles. The first kappa shape index (κ1) is 23.1. The Morgan fingerprint density at radius 3 is 2.54 bits per heavy atom. The van der Waals surface area contributed by atoms with Gasteiger partial charge in [0.05, 0.1) is 11.9 Å². The third-order valence-corrected chi connectivity index (χ3v) is 7.97. The van der Waals surface area contributed by atoms with Crippen LogP contribution in [-0.2, 0) is 14.4 Å². The molecule has 1 fully saturated rings. The molecule has 0 radical (unpaired) electrons. The van der Waals surface area contributed by atoms with Crippen molar-refractivity contribution in [2.45, 2.75) is 16.4 Å². The monoisotopic (exact) mass is 508 g/mol. The molecule has 3 aromatic rings. The first-order chi connectivity index (χ1) is 17.0. The van der Waals surface area contributed by atoms with Crippen LogP contribution >= 0.6 is 23.5 Å². The molecule has 2 aliphatic heterocycles. The first-order valence-electron chi connectivity index (χ1n) is 10.7. The molecule has 11 heteroatoms. The number of amides is 2. The standard InChI is InChI=1S/C24H20N4O5S2/c29-18(13-33-16-9-5-2-6-10-16)26-20-22(30)27-21(24(31)32)17(14-34-23(20)27)35-19-11-12-25-28(19)15-7-3-1-4-8-15/h1-12,20,23H,13-14H2,(H,26,29)(H,31,32)/t20-,23-/m1/s1. The van der Waals surface area contributed by atoms with Gasteiger partial charge in [0.15, 0.2) is 6.61 Å². The second kappa shape index (κ2) is 9.88. The minimum Gasteiger partial charge on any atom is -0.484 e. The van der Waals surface area contributed by atoms with Gasteiger partial charge in [-0.05, 0) is 30.3 Å². The zero-order chi connectivity index (χ0) is 24.4. The second-order valence-corrected chi connectivity index (χ2v) is 9.87. The Bertz CT molecular complexity index is 1300. The van der Waals surface area contributed by atoms with Crippen molar-refractivity contribution in [1.29, 1.82) is 0 Å². The van der Waals surface area contributed by atoms with Crippen LogP contribution in [0.25, 0.3) is 5.69 Å². The molecule has 2 N–H and O–H groups in total. The molecular weight excluding hydrogens is 488 g/mol. The van der Waals surface area contributed by atoms with Gasteiger partial charge < -0.3 is 15.2 Å². The summed E-state index contributed by atoms with van der Waals surface area (Å²) in [4.78, 5) is 39.2. The summed E-state index contributed by atoms with van der Waals surface area (Å²) in [6.07, 6.45) is 1.65. The van der Waals surface area contributed by atoms with Gasteiger partial charge in [-0.2, -0.15) is 5.10 Å². The predicted molar refractivity (Wildman–Crippen MR) is 131 cm³/mol. The van der Waals surface area contributed by atoms with Crippen molar-refractivity contribution < 1.29 is 24.2 Å². The molecule has 1 aromatic heterocycles. The van der Waals surface area contributed by atoms with Gasteiger partial charge in [0.1, 0.15) is 27.9 Å². The van der Waals surface area contributed by atoms with E-state index in [1.165, 1.54) is 28.4 Å². The lowest BCUT2D eigenvalue weighted by Gasteiger charge is -2.49. The number of carboxylic acid groups (broad SMARTS) is 1. The Labute approximate surface area is 209 Å². The molecule has 178 valence electrons. The summed E-state index contributed by atoms with van der Waals surface area (Å²) in [5, 5.41) is 17.2. The van der Waals surface area contributed by atoms with E-state index in [1.54, 1.807) is 41.2 Å². The van der Waals surface area contributed by atoms with Crippen molar-refractivity contribution in [3.63, 3.8) is 0 Å². The molecule has 3 heterocycles. The first-order valence-corrected chi connectivity index (χ1v) is 12.5. The molecule has 9 nitrogen and oxygen atoms in total. The lowest BCUT2D eigenvalue weighted by Crippen LogP contribution is -2.70. The van der Waals surface area contributed by atoms with Gasteiger partial charge in [0, 0.05) is 10.7 Å². The van der Waals surface area contributed by atoms with Gasteiger partial charge in [-0.15, -0.1) is 11.8 Å². The van der Waals surface area contributed by atoms with Crippen LogP contribution in [0.4, 0.5) is 0 Å². The number of benzene rings is 2. The largest absolute Gasteiger partial charge is 0.484 e. The average molecular weight is 509 g/mol. The van der Waals surface area contributed by atoms with Crippen LogP contribution in [0, 0.1) is 0 Å². The van der Waals surface area contributed by atoms with Crippen LogP contribution in [0.3, 0.4) is 0 Å². The third-order valence-electron chi connectivity index (χ3n) is 5.40. The minimum absolute atomic E-state index is 0.0596. The molecule has 2 atom stereocenters. The number of ether oxygens (including phenoxy) is 1. The second-order valence-electron chi connectivity index (χ2n) is 7.65. The zero-order valence-electron chi connectivity index (χ0n) is 18.2. The number of carbonyl (C=O) groups is 3. The fourth-order valence-corrected chi connectivity index (χ4v) is 6.34. The van der Waals surface area contributed by atoms with Crippen LogP contribution in [0.5, 0.6) is 5.75 Å². The highest BCUT2D eigenvalue weighted by molar-refractivity contribution is 8.06. The Morgan fingerprint density at radius 1 is 1.11 bits per heavy atom. The number of carbonyl (C=O) groups excluding carboxylic acids is 2. The van der Waals surface area contributed by atoms with Crippen LogP contribution in [0.1, 0.15) is 0 Å². The zero-order valence-corrected chi connectivity index (χ0v) is 19.9. The van der Waals surface area contributed by atoms with Gasteiger partial charge in [0.2, 0.25) is 0 Å². The molecule has 2 amide bonds. The van der Waals surface area contributed by atoms with E-state index in [4.69, 9.17) is 4.74 Å². The van der Waals surface area contributed by atoms with Crippen molar-refractivity contribution in [2.24, 2.45) is 0 Å². The quantitative estimate of drug-likeness (QED) is 0.447. The van der Waals surface area contributed by atoms with Crippen molar-refractivity contribution in [3.05, 3.63) is 83.5 Å². The maximum Gasteiger partial charge on any atom is 0.353 e. The fraction of sp³-hybridized carbons (Fsp3) is 0.167. The molecular formula is C24H20N4O5S2. The normalized spacial score (nSPS) is 19.1. The molecule has 0 unspecified atom stereocenters. The summed E-state index contributed by atoms with van der Waals surface area (Å²) in [6, 6.07) is 19.4. The van der Waals surface area contributed by atoms with Crippen molar-refractivity contribution in [2.75, 3.05) is 12.4 Å². The van der Waals surface area contributed by atoms with Gasteiger partial charge in [-0.1, -0.05) is 48.2 Å². The van der Waals surface area contributed by atoms with Gasteiger partial charge >= 0.3 is 5.97 Å². The molecule has 5 rings (SSSR count). The van der Waals surface area contributed by atoms with Crippen LogP contribution in [0.2, 0.25) is 0 Å². The van der Waals surface area contributed by atoms with Crippen LogP contribution in [-0.4, -0.2) is 61.3 Å². The highest BCUT2D eigenvalue weighted by atomic mass is 32.2. The van der Waals surface area contributed by atoms with Crippen LogP contribution < -0.4 is 10.1 Å². The summed E-state index contributed by atoms with van der Waals surface area (Å²) < 4.78 is 7.16. The van der Waals surface area contributed by atoms with E-state index in [-0.39, 0.29) is 12.3 Å². The Balaban J connectivity index is 1.29. The fourth-order valence-electron chi connectivity index (χ4n) is 3.81. The number of rotatable bonds is 8. The Morgan fingerprint density at radius 2 is 1.83 bits per heavy atom. The number of fused-ring (bicyclic) bond motifs is 1. The number of carboxylic acids is 1. The molecule has 0 bridgehead atoms. The van der Waals surface area contributed by atoms with E-state index in [9.17, 15) is 19.5 Å². The number of β-lactam (4-membered cyclic amide) rings is 1. The van der Waals surface area contributed by atoms with E-state index in [1.807, 2.05) is 36.4 Å². The van der Waals surface area contributed by atoms with E-state index >= 15 is 0 Å². The lowest BCUT2D eigenvalue weighted by molar-refractivity contribution is -0.150. The summed E-state index contributed by atoms with van der Waals surface area (Å²) in [5.41, 5.74) is 0.787. The van der Waals surface area contributed by atoms with Crippen molar-refractivity contribution in [3.8, 4) is 11.4 Å². The number of aromatic nitrogens is 2. The number of thioether (sulfide) groups is 2. The number of hydrogen-bond acceptors (Lipinski definition) is 7. The molecule has 35 heavy (non-hydrogen) atoms. The van der Waals surface area contributed by atoms with E-state index < -0.39 is 29.2 Å². The summed E-state index contributed by atoms with van der Waals surface area (Å²) in [5.74, 6) is -1.16. The Hall–Kier alpha value is -3.70. The van der Waals surface area contributed by atoms with Crippen LogP contribution in [0.15, 0.2) is 88.6 Å². The summed E-state index contributed by atoms with van der Waals surface area (Å²) >= 11 is 2.68. The minimum atomic E-state index is -1.19. The Kier molecular flexibility index (Phi) is 6.51. The predicted octanol–water partition coefficient (Wildman–Crippen LogP) is 2.74. The summed E-state index contributed by atoms with van der Waals surface area (Å²) in [7, 11) is 0. The average Bonchev–Trinajstić information content (AvgIpc) is 3.35. The number of aliphatic carboxylic acids is 1. The highest BCUT2D eigenvalue weighted by Crippen LogP contribution is 2.45. The van der Waals surface area contributed by atoms with E-state index in [2.05, 4.69) is 10.4 Å². The molecule has 0 aliphatic carbocycles. The SMILES string of the molecule is O=C(COc1ccccc1)N[C@@H]1C(=O)N2C(C(=O)O)=C(Sc3ccnn3-c3ccccc3)CS[C@H]12. The smallest absolute Gasteiger partial charge is 0.353 e. The number of nitrogens with zero attached hydrogens (tertiary/aromatic N) is 3. The molecule has 2 aliphatic rings. The topological polar surface area (TPSA) is 114 Å². The summed E-state index contributed by atoms with van der Waals surface area (Å²) in [6.45, 7) is -0.239. The third kappa shape index (κ3) is 4.64. The molecule has 1 saturated heterocycles. The maximum absolute atomic E-state index is 12.9. The van der Waals surface area contributed by atoms with Crippen molar-refractivity contribution >= 4 is 41.3 Å². The number of para-hydroxylation sites is 2. The lowest BCUT2D eigenvalue weighted by atomic mass is 10.1. The highest BCUT2D eigenvalue weighted by Gasteiger charge is 2.54. The van der Waals surface area contributed by atoms with Crippen molar-refractivity contribution in [1.82, 2.24) is 20.0 Å².